The zero-order chi connectivity index (χ0) is 22.5. The number of rotatable bonds is 6. The summed E-state index contributed by atoms with van der Waals surface area (Å²) in [6, 6.07) is 24.4. The highest BCUT2D eigenvalue weighted by molar-refractivity contribution is 14.1. The number of nitrogens with one attached hydrogen (secondary N) is 1. The molecule has 4 rings (SSSR count). The van der Waals surface area contributed by atoms with Crippen molar-refractivity contribution < 1.29 is 14.6 Å². The molecular formula is C25H18BrIN2O3. The van der Waals surface area contributed by atoms with E-state index < -0.39 is 5.91 Å². The minimum absolute atomic E-state index is 0.0969. The molecule has 160 valence electrons. The quantitative estimate of drug-likeness (QED) is 0.156. The number of hydrogen-bond donors (Lipinski definition) is 2. The van der Waals surface area contributed by atoms with Crippen molar-refractivity contribution in [1.29, 1.82) is 0 Å². The maximum atomic E-state index is 12.6. The van der Waals surface area contributed by atoms with Gasteiger partial charge in [-0.1, -0.05) is 52.3 Å². The lowest BCUT2D eigenvalue weighted by atomic mass is 10.1. The van der Waals surface area contributed by atoms with Crippen LogP contribution in [-0.4, -0.2) is 17.2 Å². The van der Waals surface area contributed by atoms with Gasteiger partial charge < -0.3 is 9.84 Å². The minimum Gasteiger partial charge on any atom is -0.507 e. The van der Waals surface area contributed by atoms with Gasteiger partial charge in [0.25, 0.3) is 5.91 Å². The Bertz CT molecular complexity index is 1310. The number of fused-ring (bicyclic) bond motifs is 1. The zero-order valence-corrected chi connectivity index (χ0v) is 20.5. The van der Waals surface area contributed by atoms with Crippen LogP contribution < -0.4 is 10.2 Å². The summed E-state index contributed by atoms with van der Waals surface area (Å²) in [5, 5.41) is 16.0. The lowest BCUT2D eigenvalue weighted by molar-refractivity contribution is 0.0952. The van der Waals surface area contributed by atoms with Crippen molar-refractivity contribution in [3.63, 3.8) is 0 Å². The van der Waals surface area contributed by atoms with E-state index in [2.05, 4.69) is 49.0 Å². The Balaban J connectivity index is 1.48. The van der Waals surface area contributed by atoms with Crippen molar-refractivity contribution >= 4 is 61.4 Å². The second kappa shape index (κ2) is 10.1. The van der Waals surface area contributed by atoms with Gasteiger partial charge in [-0.2, -0.15) is 5.10 Å². The molecule has 0 aliphatic rings. The Hall–Kier alpha value is -2.91. The topological polar surface area (TPSA) is 70.9 Å². The lowest BCUT2D eigenvalue weighted by Gasteiger charge is -2.10. The first-order valence-electron chi connectivity index (χ1n) is 9.71. The van der Waals surface area contributed by atoms with Gasteiger partial charge in [-0.25, -0.2) is 5.43 Å². The summed E-state index contributed by atoms with van der Waals surface area (Å²) in [6.07, 6.45) is 1.52. The summed E-state index contributed by atoms with van der Waals surface area (Å²) in [4.78, 5) is 12.6. The number of aromatic hydroxyl groups is 1. The number of phenols is 1. The summed E-state index contributed by atoms with van der Waals surface area (Å²) in [5.74, 6) is 0.0413. The first-order chi connectivity index (χ1) is 15.5. The molecule has 0 atom stereocenters. The summed E-state index contributed by atoms with van der Waals surface area (Å²) >= 11 is 5.71. The van der Waals surface area contributed by atoms with Crippen LogP contribution in [0, 0.1) is 3.57 Å². The Morgan fingerprint density at radius 2 is 1.75 bits per heavy atom. The van der Waals surface area contributed by atoms with E-state index in [9.17, 15) is 9.90 Å². The molecule has 32 heavy (non-hydrogen) atoms. The van der Waals surface area contributed by atoms with Crippen molar-refractivity contribution in [3.8, 4) is 11.5 Å². The molecule has 0 bridgehead atoms. The van der Waals surface area contributed by atoms with E-state index in [1.807, 2.05) is 66.7 Å². The first kappa shape index (κ1) is 22.3. The molecule has 7 heteroatoms. The summed E-state index contributed by atoms with van der Waals surface area (Å²) in [6.45, 7) is 0.413. The maximum absolute atomic E-state index is 12.6. The minimum atomic E-state index is -0.499. The number of benzene rings is 4. The molecule has 0 unspecified atom stereocenters. The Morgan fingerprint density at radius 1 is 1.03 bits per heavy atom. The largest absolute Gasteiger partial charge is 0.507 e. The van der Waals surface area contributed by atoms with Crippen molar-refractivity contribution in [1.82, 2.24) is 5.43 Å². The number of phenolic OH excluding ortho intramolecular Hbond substituents is 1. The van der Waals surface area contributed by atoms with Crippen LogP contribution in [0.15, 0.2) is 88.4 Å². The van der Waals surface area contributed by atoms with Gasteiger partial charge in [0, 0.05) is 13.6 Å². The van der Waals surface area contributed by atoms with E-state index in [0.29, 0.717) is 17.9 Å². The van der Waals surface area contributed by atoms with Crippen molar-refractivity contribution in [3.05, 3.63) is 104 Å². The highest BCUT2D eigenvalue weighted by Crippen LogP contribution is 2.25. The number of hydrazone groups is 1. The van der Waals surface area contributed by atoms with Crippen LogP contribution in [0.1, 0.15) is 21.5 Å². The average Bonchev–Trinajstić information content (AvgIpc) is 2.79. The molecule has 0 aliphatic carbocycles. The Kier molecular flexibility index (Phi) is 7.06. The molecule has 0 aromatic heterocycles. The molecule has 0 saturated carbocycles. The van der Waals surface area contributed by atoms with E-state index in [4.69, 9.17) is 4.74 Å². The normalized spacial score (nSPS) is 11.1. The Labute approximate surface area is 207 Å². The van der Waals surface area contributed by atoms with E-state index in [0.717, 1.165) is 24.4 Å². The van der Waals surface area contributed by atoms with Crippen LogP contribution in [0.4, 0.5) is 0 Å². The standard InChI is InChI=1S/C25H18BrIN2O3/c26-20-7-10-24(32-15-16-5-8-21(27)9-6-16)19(11-20)14-28-29-25(31)22-12-17-3-1-2-4-18(17)13-23(22)30/h1-14,30H,15H2,(H,29,31). The van der Waals surface area contributed by atoms with Crippen molar-refractivity contribution in [2.45, 2.75) is 6.61 Å². The van der Waals surface area contributed by atoms with Crippen molar-refractivity contribution in [2.75, 3.05) is 0 Å². The van der Waals surface area contributed by atoms with Crippen LogP contribution >= 0.6 is 38.5 Å². The molecule has 5 nitrogen and oxygen atoms in total. The molecule has 0 saturated heterocycles. The van der Waals surface area contributed by atoms with Crippen LogP contribution in [0.3, 0.4) is 0 Å². The number of amides is 1. The third-order valence-electron chi connectivity index (χ3n) is 4.76. The SMILES string of the molecule is O=C(NN=Cc1cc(Br)ccc1OCc1ccc(I)cc1)c1cc2ccccc2cc1O. The van der Waals surface area contributed by atoms with Gasteiger partial charge in [0.2, 0.25) is 0 Å². The smallest absolute Gasteiger partial charge is 0.275 e. The van der Waals surface area contributed by atoms with Gasteiger partial charge in [0.15, 0.2) is 0 Å². The summed E-state index contributed by atoms with van der Waals surface area (Å²) in [7, 11) is 0. The highest BCUT2D eigenvalue weighted by atomic mass is 127. The first-order valence-corrected chi connectivity index (χ1v) is 11.6. The van der Waals surface area contributed by atoms with E-state index in [-0.39, 0.29) is 11.3 Å². The van der Waals surface area contributed by atoms with Crippen LogP contribution in [-0.2, 0) is 6.61 Å². The number of nitrogens with zero attached hydrogens (tertiary/aromatic N) is 1. The Morgan fingerprint density at radius 3 is 2.50 bits per heavy atom. The predicted octanol–water partition coefficient (Wildman–Crippen LogP) is 6.26. The van der Waals surface area contributed by atoms with E-state index >= 15 is 0 Å². The number of carbonyl (C=O) groups excluding carboxylic acids is 1. The number of ether oxygens (including phenoxy) is 1. The monoisotopic (exact) mass is 600 g/mol. The molecular weight excluding hydrogens is 583 g/mol. The molecule has 0 radical (unpaired) electrons. The molecule has 4 aromatic rings. The van der Waals surface area contributed by atoms with E-state index in [1.54, 1.807) is 12.1 Å². The predicted molar refractivity (Wildman–Crippen MR) is 138 cm³/mol. The molecule has 4 aromatic carbocycles. The lowest BCUT2D eigenvalue weighted by Crippen LogP contribution is -2.17. The third kappa shape index (κ3) is 5.46. The fraction of sp³-hybridized carbons (Fsp3) is 0.0400. The molecule has 0 heterocycles. The second-order valence-electron chi connectivity index (χ2n) is 7.01. The molecule has 0 fully saturated rings. The summed E-state index contributed by atoms with van der Waals surface area (Å²) in [5.41, 5.74) is 4.39. The van der Waals surface area contributed by atoms with Gasteiger partial charge in [0.05, 0.1) is 11.8 Å². The van der Waals surface area contributed by atoms with Crippen LogP contribution in [0.25, 0.3) is 10.8 Å². The second-order valence-corrected chi connectivity index (χ2v) is 9.17. The van der Waals surface area contributed by atoms with Gasteiger partial charge >= 0.3 is 0 Å². The van der Waals surface area contributed by atoms with Gasteiger partial charge in [-0.3, -0.25) is 4.79 Å². The fourth-order valence-corrected chi connectivity index (χ4v) is 3.86. The number of carbonyl (C=O) groups is 1. The molecule has 0 spiro atoms. The maximum Gasteiger partial charge on any atom is 0.275 e. The van der Waals surface area contributed by atoms with Gasteiger partial charge in [-0.05, 0) is 81.4 Å². The van der Waals surface area contributed by atoms with Crippen LogP contribution in [0.5, 0.6) is 11.5 Å². The van der Waals surface area contributed by atoms with E-state index in [1.165, 1.54) is 6.21 Å². The molecule has 0 aliphatic heterocycles. The fourth-order valence-electron chi connectivity index (χ4n) is 3.12. The van der Waals surface area contributed by atoms with Crippen LogP contribution in [0.2, 0.25) is 0 Å². The number of hydrogen-bond acceptors (Lipinski definition) is 4. The average molecular weight is 601 g/mol. The molecule has 2 N–H and O–H groups in total. The highest BCUT2D eigenvalue weighted by Gasteiger charge is 2.12. The van der Waals surface area contributed by atoms with Gasteiger partial charge in [0.1, 0.15) is 18.1 Å². The van der Waals surface area contributed by atoms with Crippen molar-refractivity contribution in [2.24, 2.45) is 5.10 Å². The summed E-state index contributed by atoms with van der Waals surface area (Å²) < 4.78 is 7.98. The molecule has 1 amide bonds. The third-order valence-corrected chi connectivity index (χ3v) is 5.97. The zero-order valence-electron chi connectivity index (χ0n) is 16.8. The number of halogens is 2. The van der Waals surface area contributed by atoms with Gasteiger partial charge in [-0.15, -0.1) is 0 Å².